The zero-order chi connectivity index (χ0) is 11.8. The maximum absolute atomic E-state index is 10.4. The van der Waals surface area contributed by atoms with E-state index in [1.807, 2.05) is 6.07 Å². The van der Waals surface area contributed by atoms with Crippen LogP contribution in [-0.4, -0.2) is 32.0 Å². The van der Waals surface area contributed by atoms with Crippen LogP contribution in [0.15, 0.2) is 30.3 Å². The molecule has 0 aliphatic carbocycles. The summed E-state index contributed by atoms with van der Waals surface area (Å²) in [4.78, 5) is 10.4. The van der Waals surface area contributed by atoms with Crippen molar-refractivity contribution in [1.82, 2.24) is 0 Å². The zero-order valence-electron chi connectivity index (χ0n) is 9.56. The van der Waals surface area contributed by atoms with Crippen molar-refractivity contribution in [2.24, 2.45) is 0 Å². The average molecular weight is 334 g/mol. The van der Waals surface area contributed by atoms with E-state index in [-0.39, 0.29) is 20.9 Å². The van der Waals surface area contributed by atoms with E-state index in [0.29, 0.717) is 6.42 Å². The van der Waals surface area contributed by atoms with Gasteiger partial charge in [-0.15, -0.1) is 0 Å². The third-order valence-electron chi connectivity index (χ3n) is 2.42. The minimum atomic E-state index is -0.671. The van der Waals surface area contributed by atoms with E-state index < -0.39 is 5.97 Å². The van der Waals surface area contributed by atoms with Gasteiger partial charge in [0, 0.05) is 0 Å². The first-order chi connectivity index (χ1) is 7.72. The predicted molar refractivity (Wildman–Crippen MR) is 67.4 cm³/mol. The molecular formula is C13H18O2Te. The first-order valence-corrected chi connectivity index (χ1v) is 8.17. The predicted octanol–water partition coefficient (Wildman–Crippen LogP) is 2.47. The van der Waals surface area contributed by atoms with E-state index in [2.05, 4.69) is 31.2 Å². The van der Waals surface area contributed by atoms with Gasteiger partial charge < -0.3 is 0 Å². The molecule has 1 rings (SSSR count). The molecule has 0 aliphatic rings. The summed E-state index contributed by atoms with van der Waals surface area (Å²) in [5, 5.41) is 8.60. The second kappa shape index (κ2) is 7.70. The van der Waals surface area contributed by atoms with E-state index in [4.69, 9.17) is 5.11 Å². The summed E-state index contributed by atoms with van der Waals surface area (Å²) in [6.07, 6.45) is 3.39. The molecule has 0 fully saturated rings. The summed E-state index contributed by atoms with van der Waals surface area (Å²) in [5.41, 5.74) is 0. The molecule has 1 aromatic rings. The molecule has 0 amide bonds. The van der Waals surface area contributed by atoms with Crippen molar-refractivity contribution in [3.8, 4) is 0 Å². The molecule has 0 saturated carbocycles. The van der Waals surface area contributed by atoms with Crippen LogP contribution in [0.4, 0.5) is 0 Å². The summed E-state index contributed by atoms with van der Waals surface area (Å²) in [7, 11) is 0. The number of benzene rings is 1. The summed E-state index contributed by atoms with van der Waals surface area (Å²) in [6.45, 7) is 2.21. The van der Waals surface area contributed by atoms with Gasteiger partial charge in [0.2, 0.25) is 0 Å². The molecule has 1 aromatic carbocycles. The Hall–Kier alpha value is -0.520. The van der Waals surface area contributed by atoms with Gasteiger partial charge >= 0.3 is 107 Å². The molecule has 3 heteroatoms. The molecule has 0 aromatic heterocycles. The molecule has 16 heavy (non-hydrogen) atoms. The maximum atomic E-state index is 10.4. The monoisotopic (exact) mass is 336 g/mol. The Morgan fingerprint density at radius 3 is 2.62 bits per heavy atom. The Morgan fingerprint density at radius 2 is 2.06 bits per heavy atom. The summed E-state index contributed by atoms with van der Waals surface area (Å²) < 4.78 is 2.22. The van der Waals surface area contributed by atoms with Gasteiger partial charge in [0.25, 0.3) is 0 Å². The first kappa shape index (κ1) is 13.5. The van der Waals surface area contributed by atoms with Gasteiger partial charge in [0.05, 0.1) is 0 Å². The SMILES string of the molecule is CCC(CCCC(=O)O)[Te]c1ccccc1. The Labute approximate surface area is 107 Å². The molecule has 1 N–H and O–H groups in total. The second-order valence-electron chi connectivity index (χ2n) is 3.75. The summed E-state index contributed by atoms with van der Waals surface area (Å²) in [6, 6.07) is 10.6. The van der Waals surface area contributed by atoms with Gasteiger partial charge in [0.1, 0.15) is 0 Å². The Kier molecular flexibility index (Phi) is 6.52. The molecule has 2 nitrogen and oxygen atoms in total. The van der Waals surface area contributed by atoms with Crippen molar-refractivity contribution >= 4 is 30.5 Å². The van der Waals surface area contributed by atoms with Gasteiger partial charge in [-0.2, -0.15) is 0 Å². The standard InChI is InChI=1S/C13H18O2Te/c1-2-11(9-6-10-13(14)15)16-12-7-4-3-5-8-12/h3-5,7-8,11H,2,6,9-10H2,1H3,(H,14,15). The molecule has 88 valence electrons. The van der Waals surface area contributed by atoms with E-state index in [0.717, 1.165) is 16.8 Å². The van der Waals surface area contributed by atoms with Crippen LogP contribution in [-0.2, 0) is 4.79 Å². The van der Waals surface area contributed by atoms with E-state index in [9.17, 15) is 4.79 Å². The fourth-order valence-electron chi connectivity index (χ4n) is 1.52. The van der Waals surface area contributed by atoms with Crippen molar-refractivity contribution in [3.63, 3.8) is 0 Å². The van der Waals surface area contributed by atoms with Gasteiger partial charge in [-0.05, 0) is 0 Å². The second-order valence-corrected chi connectivity index (χ2v) is 7.67. The number of hydrogen-bond donors (Lipinski definition) is 1. The zero-order valence-corrected chi connectivity index (χ0v) is 11.9. The summed E-state index contributed by atoms with van der Waals surface area (Å²) in [5.74, 6) is -0.671. The van der Waals surface area contributed by atoms with Gasteiger partial charge in [0.15, 0.2) is 0 Å². The number of aliphatic carboxylic acids is 1. The van der Waals surface area contributed by atoms with Crippen molar-refractivity contribution in [1.29, 1.82) is 0 Å². The number of carboxylic acid groups (broad SMARTS) is 1. The van der Waals surface area contributed by atoms with Crippen LogP contribution in [0.25, 0.3) is 0 Å². The van der Waals surface area contributed by atoms with E-state index in [1.54, 1.807) is 0 Å². The van der Waals surface area contributed by atoms with Gasteiger partial charge in [-0.25, -0.2) is 0 Å². The normalized spacial score (nSPS) is 12.3. The van der Waals surface area contributed by atoms with Crippen LogP contribution in [0.5, 0.6) is 0 Å². The molecule has 0 aliphatic heterocycles. The average Bonchev–Trinajstić information content (AvgIpc) is 2.28. The van der Waals surface area contributed by atoms with Crippen LogP contribution >= 0.6 is 0 Å². The number of carboxylic acids is 1. The Morgan fingerprint density at radius 1 is 1.38 bits per heavy atom. The van der Waals surface area contributed by atoms with Crippen LogP contribution in [0, 0.1) is 0 Å². The first-order valence-electron chi connectivity index (χ1n) is 5.66. The van der Waals surface area contributed by atoms with Crippen molar-refractivity contribution in [2.75, 3.05) is 0 Å². The molecule has 1 unspecified atom stereocenters. The molecule has 0 spiro atoms. The fourth-order valence-corrected chi connectivity index (χ4v) is 4.80. The molecule has 1 atom stereocenters. The van der Waals surface area contributed by atoms with E-state index in [1.165, 1.54) is 10.0 Å². The van der Waals surface area contributed by atoms with Crippen LogP contribution in [0.3, 0.4) is 0 Å². The summed E-state index contributed by atoms with van der Waals surface area (Å²) >= 11 is -0.152. The third-order valence-corrected chi connectivity index (χ3v) is 6.55. The van der Waals surface area contributed by atoms with Crippen molar-refractivity contribution in [3.05, 3.63) is 30.3 Å². The molecule has 0 heterocycles. The molecule has 0 bridgehead atoms. The quantitative estimate of drug-likeness (QED) is 0.778. The number of rotatable bonds is 7. The Balaban J connectivity index is 2.34. The third kappa shape index (κ3) is 5.53. The number of carbonyl (C=O) groups is 1. The van der Waals surface area contributed by atoms with Crippen molar-refractivity contribution < 1.29 is 9.90 Å². The van der Waals surface area contributed by atoms with Crippen molar-refractivity contribution in [2.45, 2.75) is 36.6 Å². The van der Waals surface area contributed by atoms with Gasteiger partial charge in [-0.3, -0.25) is 0 Å². The molecule has 0 saturated heterocycles. The van der Waals surface area contributed by atoms with Gasteiger partial charge in [-0.1, -0.05) is 0 Å². The minimum absolute atomic E-state index is 0.152. The fraction of sp³-hybridized carbons (Fsp3) is 0.462. The molecule has 0 radical (unpaired) electrons. The molecular weight excluding hydrogens is 316 g/mol. The van der Waals surface area contributed by atoms with Crippen LogP contribution < -0.4 is 3.61 Å². The van der Waals surface area contributed by atoms with E-state index >= 15 is 0 Å². The van der Waals surface area contributed by atoms with Crippen LogP contribution in [0.2, 0.25) is 3.97 Å². The Bertz CT molecular complexity index is 311. The topological polar surface area (TPSA) is 37.3 Å². The number of hydrogen-bond acceptors (Lipinski definition) is 1. The van der Waals surface area contributed by atoms with Crippen LogP contribution in [0.1, 0.15) is 32.6 Å².